The van der Waals surface area contributed by atoms with E-state index in [0.29, 0.717) is 6.42 Å². The van der Waals surface area contributed by atoms with E-state index in [9.17, 15) is 0 Å². The van der Waals surface area contributed by atoms with E-state index >= 15 is 0 Å². The normalized spacial score (nSPS) is 10.6. The minimum Gasteiger partial charge on any atom is -0.396 e. The molecule has 8 heteroatoms. The maximum absolute atomic E-state index is 8.74. The standard InChI is InChI=1S/C6H10N2O.H2O4S/c1-8-4-3-7-6(8)2-5-9;1-5(2,3)4/h3-4,9H,2,5H2,1H3;(H2,1,2,3,4). The van der Waals surface area contributed by atoms with Crippen molar-refractivity contribution in [3.63, 3.8) is 0 Å². The smallest absolute Gasteiger partial charge is 0.394 e. The van der Waals surface area contributed by atoms with E-state index in [4.69, 9.17) is 22.6 Å². The number of hydrogen-bond donors (Lipinski definition) is 3. The van der Waals surface area contributed by atoms with Gasteiger partial charge in [-0.3, -0.25) is 9.11 Å². The highest BCUT2D eigenvalue weighted by molar-refractivity contribution is 7.79. The molecular weight excluding hydrogens is 212 g/mol. The van der Waals surface area contributed by atoms with Gasteiger partial charge in [-0.05, 0) is 0 Å². The van der Waals surface area contributed by atoms with Gasteiger partial charge in [-0.25, -0.2) is 4.98 Å². The first kappa shape index (κ1) is 13.0. The number of aryl methyl sites for hydroxylation is 1. The summed E-state index contributed by atoms with van der Waals surface area (Å²) in [6, 6.07) is 0. The second-order valence-corrected chi connectivity index (χ2v) is 3.27. The number of aliphatic hydroxyl groups is 1. The molecule has 0 saturated carbocycles. The summed E-state index contributed by atoms with van der Waals surface area (Å²) < 4.78 is 33.5. The summed E-state index contributed by atoms with van der Waals surface area (Å²) in [7, 11) is -2.75. The predicted octanol–water partition coefficient (Wildman–Crippen LogP) is -0.698. The zero-order valence-electron chi connectivity index (χ0n) is 7.53. The first-order valence-corrected chi connectivity index (χ1v) is 5.01. The van der Waals surface area contributed by atoms with Crippen molar-refractivity contribution in [1.82, 2.24) is 9.55 Å². The zero-order chi connectivity index (χ0) is 11.2. The van der Waals surface area contributed by atoms with Crippen molar-refractivity contribution in [1.29, 1.82) is 0 Å². The molecule has 0 spiro atoms. The van der Waals surface area contributed by atoms with Crippen LogP contribution in [0.15, 0.2) is 12.4 Å². The van der Waals surface area contributed by atoms with Crippen molar-refractivity contribution in [2.75, 3.05) is 6.61 Å². The molecule has 0 unspecified atom stereocenters. The third-order valence-corrected chi connectivity index (χ3v) is 1.26. The topological polar surface area (TPSA) is 113 Å². The summed E-state index contributed by atoms with van der Waals surface area (Å²) in [6.45, 7) is 0.171. The van der Waals surface area contributed by atoms with E-state index in [-0.39, 0.29) is 6.61 Å². The van der Waals surface area contributed by atoms with Crippen LogP contribution in [0.2, 0.25) is 0 Å². The molecule has 0 bridgehead atoms. The van der Waals surface area contributed by atoms with Crippen LogP contribution in [-0.4, -0.2) is 38.8 Å². The molecule has 0 aliphatic rings. The van der Waals surface area contributed by atoms with Crippen LogP contribution in [0.3, 0.4) is 0 Å². The van der Waals surface area contributed by atoms with Crippen molar-refractivity contribution in [3.05, 3.63) is 18.2 Å². The van der Waals surface area contributed by atoms with Gasteiger partial charge in [-0.1, -0.05) is 0 Å². The number of imidazole rings is 1. The van der Waals surface area contributed by atoms with E-state index < -0.39 is 10.4 Å². The quantitative estimate of drug-likeness (QED) is 0.573. The molecule has 0 amide bonds. The second kappa shape index (κ2) is 5.70. The molecular formula is C6H12N2O5S. The highest BCUT2D eigenvalue weighted by Gasteiger charge is 1.94. The minimum absolute atomic E-state index is 0.171. The zero-order valence-corrected chi connectivity index (χ0v) is 8.35. The molecule has 0 atom stereocenters. The summed E-state index contributed by atoms with van der Waals surface area (Å²) in [4.78, 5) is 4.01. The number of hydrogen-bond acceptors (Lipinski definition) is 4. The first-order valence-electron chi connectivity index (χ1n) is 3.61. The summed E-state index contributed by atoms with van der Waals surface area (Å²) in [5.74, 6) is 0.928. The van der Waals surface area contributed by atoms with Gasteiger partial charge >= 0.3 is 10.4 Å². The van der Waals surface area contributed by atoms with Gasteiger partial charge in [0.25, 0.3) is 0 Å². The van der Waals surface area contributed by atoms with Crippen molar-refractivity contribution in [3.8, 4) is 0 Å². The Labute approximate surface area is 81.6 Å². The van der Waals surface area contributed by atoms with Gasteiger partial charge in [0.05, 0.1) is 6.61 Å². The number of aliphatic hydroxyl groups excluding tert-OH is 1. The lowest BCUT2D eigenvalue weighted by molar-refractivity contribution is 0.295. The van der Waals surface area contributed by atoms with E-state index in [1.807, 2.05) is 17.8 Å². The van der Waals surface area contributed by atoms with Crippen molar-refractivity contribution in [2.24, 2.45) is 7.05 Å². The van der Waals surface area contributed by atoms with Crippen LogP contribution < -0.4 is 0 Å². The van der Waals surface area contributed by atoms with Gasteiger partial charge in [0.2, 0.25) is 0 Å². The molecule has 1 rings (SSSR count). The highest BCUT2D eigenvalue weighted by atomic mass is 32.3. The van der Waals surface area contributed by atoms with Gasteiger partial charge in [0.15, 0.2) is 0 Å². The molecule has 1 aromatic rings. The van der Waals surface area contributed by atoms with Crippen LogP contribution in [0, 0.1) is 0 Å². The average Bonchev–Trinajstić information content (AvgIpc) is 2.34. The van der Waals surface area contributed by atoms with Gasteiger partial charge in [-0.2, -0.15) is 8.42 Å². The monoisotopic (exact) mass is 224 g/mol. The Kier molecular flexibility index (Phi) is 5.31. The van der Waals surface area contributed by atoms with Crippen LogP contribution in [-0.2, 0) is 23.9 Å². The van der Waals surface area contributed by atoms with Crippen molar-refractivity contribution < 1.29 is 22.6 Å². The first-order chi connectivity index (χ1) is 6.34. The molecule has 7 nitrogen and oxygen atoms in total. The third kappa shape index (κ3) is 7.68. The molecule has 0 aromatic carbocycles. The molecule has 82 valence electrons. The van der Waals surface area contributed by atoms with Crippen LogP contribution >= 0.6 is 0 Å². The van der Waals surface area contributed by atoms with Crippen LogP contribution in [0.5, 0.6) is 0 Å². The summed E-state index contributed by atoms with van der Waals surface area (Å²) in [5.41, 5.74) is 0. The highest BCUT2D eigenvalue weighted by Crippen LogP contribution is 1.92. The molecule has 14 heavy (non-hydrogen) atoms. The fraction of sp³-hybridized carbons (Fsp3) is 0.500. The SMILES string of the molecule is Cn1ccnc1CCO.O=S(=O)(O)O. The molecule has 1 heterocycles. The molecule has 0 saturated heterocycles. The van der Waals surface area contributed by atoms with E-state index in [1.54, 1.807) is 6.20 Å². The molecule has 3 N–H and O–H groups in total. The van der Waals surface area contributed by atoms with E-state index in [0.717, 1.165) is 5.82 Å². The fourth-order valence-electron chi connectivity index (χ4n) is 0.737. The Balaban J connectivity index is 0.000000292. The largest absolute Gasteiger partial charge is 0.396 e. The summed E-state index contributed by atoms with van der Waals surface area (Å²) in [5, 5.41) is 8.51. The number of aromatic nitrogens is 2. The van der Waals surface area contributed by atoms with Gasteiger partial charge in [0.1, 0.15) is 5.82 Å². The maximum atomic E-state index is 8.74. The molecule has 1 aromatic heterocycles. The second-order valence-electron chi connectivity index (χ2n) is 2.38. The Hall–Kier alpha value is -0.960. The molecule has 0 fully saturated rings. The fourth-order valence-corrected chi connectivity index (χ4v) is 0.737. The maximum Gasteiger partial charge on any atom is 0.394 e. The van der Waals surface area contributed by atoms with Gasteiger partial charge < -0.3 is 9.67 Å². The van der Waals surface area contributed by atoms with Crippen LogP contribution in [0.1, 0.15) is 5.82 Å². The average molecular weight is 224 g/mol. The summed E-state index contributed by atoms with van der Waals surface area (Å²) >= 11 is 0. The molecule has 0 aliphatic heterocycles. The lowest BCUT2D eigenvalue weighted by atomic mass is 10.4. The Morgan fingerprint density at radius 3 is 2.29 bits per heavy atom. The predicted molar refractivity (Wildman–Crippen MR) is 48.2 cm³/mol. The Morgan fingerprint density at radius 2 is 2.00 bits per heavy atom. The summed E-state index contributed by atoms with van der Waals surface area (Å²) in [6.07, 6.45) is 4.24. The number of nitrogens with zero attached hydrogens (tertiary/aromatic N) is 2. The number of rotatable bonds is 2. The third-order valence-electron chi connectivity index (χ3n) is 1.26. The van der Waals surface area contributed by atoms with Crippen LogP contribution in [0.25, 0.3) is 0 Å². The van der Waals surface area contributed by atoms with Crippen molar-refractivity contribution in [2.45, 2.75) is 6.42 Å². The molecule has 0 aliphatic carbocycles. The minimum atomic E-state index is -4.67. The van der Waals surface area contributed by atoms with E-state index in [2.05, 4.69) is 4.98 Å². The lowest BCUT2D eigenvalue weighted by Crippen LogP contribution is -1.99. The van der Waals surface area contributed by atoms with Gasteiger partial charge in [-0.15, -0.1) is 0 Å². The van der Waals surface area contributed by atoms with Gasteiger partial charge in [0, 0.05) is 25.9 Å². The van der Waals surface area contributed by atoms with Crippen molar-refractivity contribution >= 4 is 10.4 Å². The molecule has 0 radical (unpaired) electrons. The van der Waals surface area contributed by atoms with E-state index in [1.165, 1.54) is 0 Å². The lowest BCUT2D eigenvalue weighted by Gasteiger charge is -1.95. The Bertz CT molecular complexity index is 350. The van der Waals surface area contributed by atoms with Crippen LogP contribution in [0.4, 0.5) is 0 Å². The Morgan fingerprint density at radius 1 is 1.50 bits per heavy atom.